The molecule has 2 rings (SSSR count). The molecule has 0 spiro atoms. The Kier molecular flexibility index (Phi) is 3.75. The van der Waals surface area contributed by atoms with Gasteiger partial charge in [-0.25, -0.2) is 0 Å². The van der Waals surface area contributed by atoms with E-state index in [0.717, 1.165) is 22.4 Å². The third-order valence-corrected chi connectivity index (χ3v) is 2.66. The zero-order valence-corrected chi connectivity index (χ0v) is 10.2. The van der Waals surface area contributed by atoms with Gasteiger partial charge in [-0.2, -0.15) is 0 Å². The number of amides is 1. The second-order valence-corrected chi connectivity index (χ2v) is 4.05. The highest BCUT2D eigenvalue weighted by Crippen LogP contribution is 2.25. The first-order valence-corrected chi connectivity index (χ1v) is 5.78. The summed E-state index contributed by atoms with van der Waals surface area (Å²) in [6.45, 7) is 1.96. The second kappa shape index (κ2) is 5.47. The van der Waals surface area contributed by atoms with E-state index in [9.17, 15) is 4.79 Å². The van der Waals surface area contributed by atoms with Gasteiger partial charge >= 0.3 is 0 Å². The summed E-state index contributed by atoms with van der Waals surface area (Å²) in [5.74, 6) is -0.0763. The van der Waals surface area contributed by atoms with Crippen molar-refractivity contribution in [3.63, 3.8) is 0 Å². The van der Waals surface area contributed by atoms with Crippen LogP contribution in [0.15, 0.2) is 42.5 Å². The number of nitrogens with one attached hydrogen (secondary N) is 1. The van der Waals surface area contributed by atoms with Crippen molar-refractivity contribution in [2.24, 2.45) is 5.73 Å². The Balaban J connectivity index is 2.41. The lowest BCUT2D eigenvalue weighted by Gasteiger charge is -2.09. The lowest BCUT2D eigenvalue weighted by molar-refractivity contribution is -0.114. The molecule has 0 atom stereocenters. The molecule has 1 radical (unpaired) electrons. The van der Waals surface area contributed by atoms with Crippen LogP contribution in [0.1, 0.15) is 12.5 Å². The largest absolute Gasteiger partial charge is 0.326 e. The maximum absolute atomic E-state index is 11.0. The molecule has 2 aromatic carbocycles. The molecular formula is C15H15N2O. The van der Waals surface area contributed by atoms with Gasteiger partial charge in [0.1, 0.15) is 0 Å². The van der Waals surface area contributed by atoms with Gasteiger partial charge < -0.3 is 11.1 Å². The van der Waals surface area contributed by atoms with Crippen LogP contribution in [0.4, 0.5) is 5.69 Å². The van der Waals surface area contributed by atoms with E-state index in [1.54, 1.807) is 0 Å². The normalized spacial score (nSPS) is 10.1. The van der Waals surface area contributed by atoms with Crippen molar-refractivity contribution >= 4 is 11.6 Å². The third-order valence-electron chi connectivity index (χ3n) is 2.66. The summed E-state index contributed by atoms with van der Waals surface area (Å²) in [6, 6.07) is 16.5. The molecule has 0 unspecified atom stereocenters. The van der Waals surface area contributed by atoms with Crippen LogP contribution in [-0.4, -0.2) is 5.91 Å². The number of hydrogen-bond donors (Lipinski definition) is 2. The molecule has 0 heterocycles. The molecule has 0 aliphatic rings. The first kappa shape index (κ1) is 12.3. The Morgan fingerprint density at radius 1 is 1.39 bits per heavy atom. The van der Waals surface area contributed by atoms with Gasteiger partial charge in [0.2, 0.25) is 5.91 Å². The van der Waals surface area contributed by atoms with Crippen LogP contribution in [0.2, 0.25) is 0 Å². The minimum atomic E-state index is -0.0763. The van der Waals surface area contributed by atoms with Crippen molar-refractivity contribution in [2.45, 2.75) is 13.5 Å². The van der Waals surface area contributed by atoms with E-state index in [4.69, 9.17) is 5.73 Å². The smallest absolute Gasteiger partial charge is 0.221 e. The quantitative estimate of drug-likeness (QED) is 0.865. The SMILES string of the molecule is CC(=O)Nc1cccc(-c2cc[c]cc2CN)c1. The van der Waals surface area contributed by atoms with E-state index in [1.165, 1.54) is 6.92 Å². The molecule has 3 nitrogen and oxygen atoms in total. The van der Waals surface area contributed by atoms with Gasteiger partial charge in [0.05, 0.1) is 0 Å². The first-order chi connectivity index (χ1) is 8.70. The highest BCUT2D eigenvalue weighted by atomic mass is 16.1. The maximum atomic E-state index is 11.0. The van der Waals surface area contributed by atoms with Gasteiger partial charge in [0.25, 0.3) is 0 Å². The average Bonchev–Trinajstić information content (AvgIpc) is 2.38. The molecule has 3 heteroatoms. The first-order valence-electron chi connectivity index (χ1n) is 5.78. The highest BCUT2D eigenvalue weighted by molar-refractivity contribution is 5.89. The van der Waals surface area contributed by atoms with E-state index in [-0.39, 0.29) is 5.91 Å². The van der Waals surface area contributed by atoms with Crippen LogP contribution < -0.4 is 11.1 Å². The summed E-state index contributed by atoms with van der Waals surface area (Å²) in [6.07, 6.45) is 0. The Bertz CT molecular complexity index is 564. The minimum Gasteiger partial charge on any atom is -0.326 e. The van der Waals surface area contributed by atoms with Crippen molar-refractivity contribution < 1.29 is 4.79 Å². The molecule has 1 amide bonds. The summed E-state index contributed by atoms with van der Waals surface area (Å²) in [5.41, 5.74) is 9.65. The van der Waals surface area contributed by atoms with Gasteiger partial charge in [-0.1, -0.05) is 24.3 Å². The summed E-state index contributed by atoms with van der Waals surface area (Å²) >= 11 is 0. The summed E-state index contributed by atoms with van der Waals surface area (Å²) in [7, 11) is 0. The van der Waals surface area contributed by atoms with Gasteiger partial charge in [0.15, 0.2) is 0 Å². The van der Waals surface area contributed by atoms with E-state index in [2.05, 4.69) is 11.4 Å². The fraction of sp³-hybridized carbons (Fsp3) is 0.133. The number of carbonyl (C=O) groups excluding carboxylic acids is 1. The molecule has 0 bridgehead atoms. The topological polar surface area (TPSA) is 55.1 Å². The molecule has 0 aliphatic heterocycles. The van der Waals surface area contributed by atoms with E-state index >= 15 is 0 Å². The predicted molar refractivity (Wildman–Crippen MR) is 72.9 cm³/mol. The monoisotopic (exact) mass is 239 g/mol. The van der Waals surface area contributed by atoms with Crippen molar-refractivity contribution in [3.8, 4) is 11.1 Å². The van der Waals surface area contributed by atoms with Crippen molar-refractivity contribution in [1.82, 2.24) is 0 Å². The molecule has 0 aliphatic carbocycles. The Labute approximate surface area is 107 Å². The van der Waals surface area contributed by atoms with Gasteiger partial charge in [-0.15, -0.1) is 0 Å². The molecule has 2 aromatic rings. The Hall–Kier alpha value is -2.13. The van der Waals surface area contributed by atoms with Gasteiger partial charge in [-0.3, -0.25) is 4.79 Å². The second-order valence-electron chi connectivity index (χ2n) is 4.05. The van der Waals surface area contributed by atoms with Crippen LogP contribution >= 0.6 is 0 Å². The fourth-order valence-electron chi connectivity index (χ4n) is 1.88. The molecule has 0 saturated heterocycles. The standard InChI is InChI=1S/C15H15N2O/c1-11(18)17-14-7-4-6-12(9-14)15-8-3-2-5-13(15)10-16/h3-9H,10,16H2,1H3,(H,17,18). The number of nitrogens with two attached hydrogens (primary N) is 1. The molecule has 91 valence electrons. The number of anilines is 1. The molecule has 18 heavy (non-hydrogen) atoms. The third kappa shape index (κ3) is 2.76. The van der Waals surface area contributed by atoms with Crippen LogP contribution in [0.5, 0.6) is 0 Å². The number of carbonyl (C=O) groups is 1. The predicted octanol–water partition coefficient (Wildman–Crippen LogP) is 2.57. The van der Waals surface area contributed by atoms with Crippen molar-refractivity contribution in [2.75, 3.05) is 5.32 Å². The lowest BCUT2D eigenvalue weighted by Crippen LogP contribution is -2.05. The number of rotatable bonds is 3. The average molecular weight is 239 g/mol. The fourth-order valence-corrected chi connectivity index (χ4v) is 1.88. The van der Waals surface area contributed by atoms with E-state index in [1.807, 2.05) is 42.5 Å². The maximum Gasteiger partial charge on any atom is 0.221 e. The highest BCUT2D eigenvalue weighted by Gasteiger charge is 2.04. The van der Waals surface area contributed by atoms with Crippen LogP contribution in [0, 0.1) is 6.07 Å². The van der Waals surface area contributed by atoms with Gasteiger partial charge in [-0.05, 0) is 41.0 Å². The summed E-state index contributed by atoms with van der Waals surface area (Å²) in [4.78, 5) is 11.0. The van der Waals surface area contributed by atoms with Crippen molar-refractivity contribution in [1.29, 1.82) is 0 Å². The molecule has 0 aromatic heterocycles. The minimum absolute atomic E-state index is 0.0763. The summed E-state index contributed by atoms with van der Waals surface area (Å²) < 4.78 is 0. The number of benzene rings is 2. The molecular weight excluding hydrogens is 224 g/mol. The van der Waals surface area contributed by atoms with Gasteiger partial charge in [0, 0.05) is 19.2 Å². The lowest BCUT2D eigenvalue weighted by atomic mass is 9.99. The van der Waals surface area contributed by atoms with Crippen LogP contribution in [0.3, 0.4) is 0 Å². The molecule has 3 N–H and O–H groups in total. The summed E-state index contributed by atoms with van der Waals surface area (Å²) in [5, 5.41) is 2.77. The molecule has 0 fully saturated rings. The van der Waals surface area contributed by atoms with E-state index < -0.39 is 0 Å². The molecule has 0 saturated carbocycles. The number of hydrogen-bond acceptors (Lipinski definition) is 2. The van der Waals surface area contributed by atoms with E-state index in [0.29, 0.717) is 6.54 Å². The van der Waals surface area contributed by atoms with Crippen LogP contribution in [0.25, 0.3) is 11.1 Å². The van der Waals surface area contributed by atoms with Crippen LogP contribution in [-0.2, 0) is 11.3 Å². The van der Waals surface area contributed by atoms with Crippen molar-refractivity contribution in [3.05, 3.63) is 54.1 Å². The Morgan fingerprint density at radius 3 is 2.94 bits per heavy atom. The zero-order valence-electron chi connectivity index (χ0n) is 10.2. The Morgan fingerprint density at radius 2 is 2.22 bits per heavy atom. The zero-order chi connectivity index (χ0) is 13.0.